The van der Waals surface area contributed by atoms with E-state index in [4.69, 9.17) is 37.4 Å². The molecule has 380 valence electrons. The van der Waals surface area contributed by atoms with E-state index in [1.54, 1.807) is 7.11 Å². The average molecular weight is 933 g/mol. The molecule has 3 aliphatic heterocycles. The van der Waals surface area contributed by atoms with E-state index in [1.807, 2.05) is 0 Å². The van der Waals surface area contributed by atoms with Gasteiger partial charge in [0.15, 0.2) is 0 Å². The van der Waals surface area contributed by atoms with Crippen molar-refractivity contribution in [2.75, 3.05) is 40.1 Å². The molecule has 3 aliphatic rings. The monoisotopic (exact) mass is 933 g/mol. The van der Waals surface area contributed by atoms with Crippen LogP contribution in [0.1, 0.15) is 177 Å². The van der Waals surface area contributed by atoms with Crippen LogP contribution < -0.4 is 10.9 Å². The number of methoxy groups -OCH3 is 1. The van der Waals surface area contributed by atoms with Crippen molar-refractivity contribution < 1.29 is 37.4 Å². The van der Waals surface area contributed by atoms with Gasteiger partial charge in [0.05, 0.1) is 18.8 Å². The summed E-state index contributed by atoms with van der Waals surface area (Å²) in [7, 11) is 1.28. The molecule has 2 aromatic carbocycles. The van der Waals surface area contributed by atoms with Gasteiger partial charge in [0.2, 0.25) is 0 Å². The molecule has 67 heavy (non-hydrogen) atoms. The number of hydrogen-bond acceptors (Lipinski definition) is 8. The van der Waals surface area contributed by atoms with Gasteiger partial charge in [-0.1, -0.05) is 75.2 Å². The predicted octanol–water partition coefficient (Wildman–Crippen LogP) is 12.4. The maximum absolute atomic E-state index is 6.40. The summed E-state index contributed by atoms with van der Waals surface area (Å²) in [6, 6.07) is 0. The molecule has 8 nitrogen and oxygen atoms in total. The molecule has 11 heteroatoms. The second-order valence-corrected chi connectivity index (χ2v) is 22.8. The van der Waals surface area contributed by atoms with Crippen molar-refractivity contribution in [3.63, 3.8) is 0 Å². The van der Waals surface area contributed by atoms with Gasteiger partial charge in [-0.3, -0.25) is 0 Å². The lowest BCUT2D eigenvalue weighted by Crippen LogP contribution is -2.51. The minimum absolute atomic E-state index is 0.0343. The molecule has 5 rings (SSSR count). The minimum Gasteiger partial charge on any atom is -0.410 e. The summed E-state index contributed by atoms with van der Waals surface area (Å²) in [4.78, 5) is 0. The Labute approximate surface area is 413 Å². The average Bonchev–Trinajstić information content (AvgIpc) is 3.29. The number of benzene rings is 2. The maximum atomic E-state index is 6.40. The van der Waals surface area contributed by atoms with Crippen LogP contribution in [-0.4, -0.2) is 85.9 Å². The normalized spacial score (nSPS) is 21.7. The third-order valence-electron chi connectivity index (χ3n) is 16.0. The Morgan fingerprint density at radius 3 is 1.49 bits per heavy atom. The molecule has 0 aromatic heterocycles. The molecule has 3 heterocycles. The molecule has 3 fully saturated rings. The molecule has 2 aromatic rings. The fraction of sp³-hybridized carbons (Fsp3) is 0.786. The number of rotatable bonds is 17. The van der Waals surface area contributed by atoms with Gasteiger partial charge in [-0.15, -0.1) is 0 Å². The van der Waals surface area contributed by atoms with Gasteiger partial charge in [0.25, 0.3) is 0 Å². The van der Waals surface area contributed by atoms with Crippen LogP contribution in [0.5, 0.6) is 0 Å². The number of hydrogen-bond donors (Lipinski definition) is 0. The van der Waals surface area contributed by atoms with Gasteiger partial charge in [-0.25, -0.2) is 0 Å². The molecular weight excluding hydrogens is 833 g/mol. The van der Waals surface area contributed by atoms with E-state index in [1.165, 1.54) is 85.8 Å². The summed E-state index contributed by atoms with van der Waals surface area (Å²) in [6.45, 7) is 50.0. The zero-order valence-corrected chi connectivity index (χ0v) is 47.2. The summed E-state index contributed by atoms with van der Waals surface area (Å²) in [5, 5.41) is 0. The summed E-state index contributed by atoms with van der Waals surface area (Å²) < 4.78 is 48.2. The van der Waals surface area contributed by atoms with E-state index >= 15 is 0 Å². The summed E-state index contributed by atoms with van der Waals surface area (Å²) in [6.07, 6.45) is 9.66. The van der Waals surface area contributed by atoms with E-state index in [2.05, 4.69) is 145 Å². The molecule has 3 saturated heterocycles. The molecule has 0 saturated carbocycles. The van der Waals surface area contributed by atoms with Crippen molar-refractivity contribution in [2.24, 2.45) is 28.6 Å². The van der Waals surface area contributed by atoms with E-state index in [0.717, 1.165) is 51.1 Å². The smallest absolute Gasteiger partial charge is 0.410 e. The summed E-state index contributed by atoms with van der Waals surface area (Å²) in [5.74, 6) is 2.21. The van der Waals surface area contributed by atoms with E-state index < -0.39 is 0 Å². The maximum Gasteiger partial charge on any atom is 0.494 e. The topological polar surface area (TPSA) is 73.8 Å². The SMILES string of the molecule is CCC(C)CC(C)CB1OCC(C)(C)CO1.CCC(C)CC1CC(C)OB(c2c(C)c(C)c(C)c(C)c2C)O1.CCC(C)OCC(CC1(C)COB(c2c(C)c(C)c(C)c(C)c2C)OC1)OC. The van der Waals surface area contributed by atoms with Crippen molar-refractivity contribution in [1.82, 2.24) is 0 Å². The van der Waals surface area contributed by atoms with Gasteiger partial charge in [-0.05, 0) is 206 Å². The fourth-order valence-electron chi connectivity index (χ4n) is 9.79. The third-order valence-corrected chi connectivity index (χ3v) is 16.0. The standard InChI is InChI=1S/C23H39BO4.C20H33BO2.C13H27BO2/c1-10-15(2)26-12-21(25-9)11-23(8)13-27-24(28-14-23)22-19(6)17(4)16(3)18(5)20(22)7;1-9-12(2)10-19-11-13(3)22-21(23-19)20-17(7)15(5)14(4)16(6)18(20)8;1-6-11(2)7-12(3)8-14-15-9-13(4,5)10-16-14/h15,21H,10-14H2,1-9H3;12-13,19H,9-11H2,1-8H3;11-12H,6-10H2,1-5H3. The van der Waals surface area contributed by atoms with Crippen LogP contribution in [0.2, 0.25) is 6.32 Å². The van der Waals surface area contributed by atoms with Crippen molar-refractivity contribution in [2.45, 2.75) is 221 Å². The Morgan fingerprint density at radius 1 is 0.582 bits per heavy atom. The van der Waals surface area contributed by atoms with Gasteiger partial charge in [-0.2, -0.15) is 0 Å². The van der Waals surface area contributed by atoms with Crippen molar-refractivity contribution in [3.05, 3.63) is 55.6 Å². The van der Waals surface area contributed by atoms with Crippen LogP contribution in [0.25, 0.3) is 0 Å². The second kappa shape index (κ2) is 27.2. The highest BCUT2D eigenvalue weighted by atomic mass is 16.6. The van der Waals surface area contributed by atoms with Crippen molar-refractivity contribution in [3.8, 4) is 0 Å². The highest BCUT2D eigenvalue weighted by molar-refractivity contribution is 6.63. The Morgan fingerprint density at radius 2 is 1.04 bits per heavy atom. The molecule has 0 aliphatic carbocycles. The van der Waals surface area contributed by atoms with Gasteiger partial charge < -0.3 is 37.4 Å². The molecule has 7 atom stereocenters. The largest absolute Gasteiger partial charge is 0.494 e. The van der Waals surface area contributed by atoms with Crippen LogP contribution in [0.4, 0.5) is 0 Å². The van der Waals surface area contributed by atoms with E-state index in [-0.39, 0.29) is 50.5 Å². The van der Waals surface area contributed by atoms with Gasteiger partial charge >= 0.3 is 21.4 Å². The lowest BCUT2D eigenvalue weighted by Gasteiger charge is -2.39. The van der Waals surface area contributed by atoms with E-state index in [0.29, 0.717) is 37.8 Å². The lowest BCUT2D eigenvalue weighted by molar-refractivity contribution is -0.0646. The quantitative estimate of drug-likeness (QED) is 0.145. The Hall–Kier alpha value is -1.69. The molecule has 0 spiro atoms. The first-order chi connectivity index (χ1) is 31.3. The molecular formula is C56H99B3O8. The Kier molecular flexibility index (Phi) is 24.2. The predicted molar refractivity (Wildman–Crippen MR) is 286 cm³/mol. The lowest BCUT2D eigenvalue weighted by atomic mass is 9.68. The molecule has 0 radical (unpaired) electrons. The molecule has 0 bridgehead atoms. The third kappa shape index (κ3) is 17.3. The zero-order chi connectivity index (χ0) is 50.6. The fourth-order valence-corrected chi connectivity index (χ4v) is 9.79. The second-order valence-electron chi connectivity index (χ2n) is 22.8. The van der Waals surface area contributed by atoms with Crippen molar-refractivity contribution >= 4 is 32.3 Å². The summed E-state index contributed by atoms with van der Waals surface area (Å²) in [5.41, 5.74) is 15.9. The minimum atomic E-state index is -0.288. The van der Waals surface area contributed by atoms with Gasteiger partial charge in [0, 0.05) is 56.6 Å². The first kappa shape index (κ1) is 59.6. The highest BCUT2D eigenvalue weighted by Crippen LogP contribution is 2.32. The van der Waals surface area contributed by atoms with E-state index in [9.17, 15) is 0 Å². The molecule has 0 amide bonds. The van der Waals surface area contributed by atoms with Crippen molar-refractivity contribution in [1.29, 1.82) is 0 Å². The molecule has 7 unspecified atom stereocenters. The van der Waals surface area contributed by atoms with Gasteiger partial charge in [0.1, 0.15) is 0 Å². The van der Waals surface area contributed by atoms with Crippen LogP contribution in [-0.2, 0) is 37.4 Å². The first-order valence-electron chi connectivity index (χ1n) is 26.4. The Bertz CT molecular complexity index is 1760. The van der Waals surface area contributed by atoms with Crippen LogP contribution in [0, 0.1) is 97.8 Å². The highest BCUT2D eigenvalue weighted by Gasteiger charge is 2.41. The number of ether oxygens (including phenoxy) is 2. The molecule has 0 N–H and O–H groups in total. The van der Waals surface area contributed by atoms with Crippen LogP contribution in [0.15, 0.2) is 0 Å². The zero-order valence-electron chi connectivity index (χ0n) is 47.2. The summed E-state index contributed by atoms with van der Waals surface area (Å²) >= 11 is 0. The van der Waals surface area contributed by atoms with Crippen LogP contribution >= 0.6 is 0 Å². The Balaban J connectivity index is 0.000000276. The first-order valence-corrected chi connectivity index (χ1v) is 26.4. The van der Waals surface area contributed by atoms with Crippen LogP contribution in [0.3, 0.4) is 0 Å².